The SMILES string of the molecule is CCCCCCCCCCCCCCCCCCCCCC(=O)OC[C@H](COC(=O)CCCCCCC)OC(=O)CCCCCCCCCCC. The summed E-state index contributed by atoms with van der Waals surface area (Å²) in [4.78, 5) is 37.3. The van der Waals surface area contributed by atoms with Crippen LogP contribution in [0.1, 0.15) is 252 Å². The first-order valence-electron chi connectivity index (χ1n) is 22.5. The topological polar surface area (TPSA) is 78.9 Å². The Morgan fingerprint density at radius 2 is 0.529 bits per heavy atom. The number of carbonyl (C=O) groups is 3. The van der Waals surface area contributed by atoms with E-state index in [1.807, 2.05) is 0 Å². The van der Waals surface area contributed by atoms with Gasteiger partial charge in [-0.25, -0.2) is 0 Å². The first kappa shape index (κ1) is 49.4. The fourth-order valence-electron chi connectivity index (χ4n) is 6.68. The number of carbonyl (C=O) groups excluding carboxylic acids is 3. The highest BCUT2D eigenvalue weighted by Gasteiger charge is 2.19. The molecule has 302 valence electrons. The van der Waals surface area contributed by atoms with E-state index in [-0.39, 0.29) is 31.1 Å². The molecule has 0 radical (unpaired) electrons. The molecule has 0 aliphatic carbocycles. The van der Waals surface area contributed by atoms with Crippen molar-refractivity contribution in [3.05, 3.63) is 0 Å². The summed E-state index contributed by atoms with van der Waals surface area (Å²) >= 11 is 0. The van der Waals surface area contributed by atoms with Gasteiger partial charge in [0.2, 0.25) is 0 Å². The first-order valence-corrected chi connectivity index (χ1v) is 22.5. The second-order valence-electron chi connectivity index (χ2n) is 15.3. The minimum Gasteiger partial charge on any atom is -0.462 e. The molecule has 0 N–H and O–H groups in total. The van der Waals surface area contributed by atoms with Gasteiger partial charge in [-0.3, -0.25) is 14.4 Å². The highest BCUT2D eigenvalue weighted by Crippen LogP contribution is 2.16. The van der Waals surface area contributed by atoms with Gasteiger partial charge in [-0.2, -0.15) is 0 Å². The number of hydrogen-bond acceptors (Lipinski definition) is 6. The molecule has 0 rings (SSSR count). The van der Waals surface area contributed by atoms with Gasteiger partial charge < -0.3 is 14.2 Å². The summed E-state index contributed by atoms with van der Waals surface area (Å²) in [5.74, 6) is -0.871. The van der Waals surface area contributed by atoms with E-state index in [1.54, 1.807) is 0 Å². The maximum absolute atomic E-state index is 12.6. The van der Waals surface area contributed by atoms with Crippen molar-refractivity contribution >= 4 is 17.9 Å². The minimum atomic E-state index is -0.755. The maximum atomic E-state index is 12.6. The van der Waals surface area contributed by atoms with Crippen molar-refractivity contribution in [2.45, 2.75) is 258 Å². The van der Waals surface area contributed by atoms with Crippen LogP contribution in [0.3, 0.4) is 0 Å². The lowest BCUT2D eigenvalue weighted by Gasteiger charge is -2.18. The Morgan fingerprint density at radius 1 is 0.314 bits per heavy atom. The van der Waals surface area contributed by atoms with E-state index >= 15 is 0 Å². The molecule has 0 spiro atoms. The summed E-state index contributed by atoms with van der Waals surface area (Å²) < 4.78 is 16.6. The fourth-order valence-corrected chi connectivity index (χ4v) is 6.68. The van der Waals surface area contributed by atoms with Crippen molar-refractivity contribution in [1.29, 1.82) is 0 Å². The third kappa shape index (κ3) is 39.5. The van der Waals surface area contributed by atoms with Crippen LogP contribution in [0.15, 0.2) is 0 Å². The Morgan fingerprint density at radius 3 is 0.784 bits per heavy atom. The van der Waals surface area contributed by atoms with Crippen LogP contribution < -0.4 is 0 Å². The predicted molar refractivity (Wildman–Crippen MR) is 215 cm³/mol. The molecule has 0 aromatic carbocycles. The Kier molecular flexibility index (Phi) is 39.9. The molecule has 0 aliphatic rings. The fraction of sp³-hybridized carbons (Fsp3) is 0.933. The smallest absolute Gasteiger partial charge is 0.306 e. The van der Waals surface area contributed by atoms with Gasteiger partial charge in [-0.05, 0) is 19.3 Å². The first-order chi connectivity index (χ1) is 25.0. The summed E-state index contributed by atoms with van der Waals surface area (Å²) in [6.45, 7) is 6.55. The van der Waals surface area contributed by atoms with Crippen LogP contribution in [0.4, 0.5) is 0 Å². The molecular formula is C45H86O6. The molecule has 0 aromatic heterocycles. The van der Waals surface area contributed by atoms with Crippen LogP contribution in [0.5, 0.6) is 0 Å². The maximum Gasteiger partial charge on any atom is 0.306 e. The van der Waals surface area contributed by atoms with Gasteiger partial charge in [0.1, 0.15) is 13.2 Å². The van der Waals surface area contributed by atoms with E-state index in [0.717, 1.165) is 64.2 Å². The minimum absolute atomic E-state index is 0.0642. The predicted octanol–water partition coefficient (Wildman–Crippen LogP) is 14.1. The number of ether oxygens (including phenoxy) is 3. The molecule has 51 heavy (non-hydrogen) atoms. The molecule has 0 saturated heterocycles. The molecule has 0 aliphatic heterocycles. The van der Waals surface area contributed by atoms with Gasteiger partial charge in [-0.1, -0.05) is 213 Å². The quantitative estimate of drug-likeness (QED) is 0.0355. The lowest BCUT2D eigenvalue weighted by molar-refractivity contribution is -0.167. The van der Waals surface area contributed by atoms with Crippen LogP contribution in [-0.2, 0) is 28.6 Å². The van der Waals surface area contributed by atoms with Gasteiger partial charge in [-0.15, -0.1) is 0 Å². The molecule has 6 nitrogen and oxygen atoms in total. The monoisotopic (exact) mass is 723 g/mol. The Balaban J connectivity index is 4.06. The molecule has 0 heterocycles. The average molecular weight is 723 g/mol. The lowest BCUT2D eigenvalue weighted by Crippen LogP contribution is -2.30. The molecule has 6 heteroatoms. The lowest BCUT2D eigenvalue weighted by atomic mass is 10.0. The molecule has 0 amide bonds. The summed E-state index contributed by atoms with van der Waals surface area (Å²) in [7, 11) is 0. The van der Waals surface area contributed by atoms with E-state index in [1.165, 1.54) is 148 Å². The second-order valence-corrected chi connectivity index (χ2v) is 15.3. The second kappa shape index (κ2) is 41.2. The van der Waals surface area contributed by atoms with Gasteiger partial charge in [0.15, 0.2) is 6.10 Å². The van der Waals surface area contributed by atoms with Gasteiger partial charge in [0.05, 0.1) is 0 Å². The van der Waals surface area contributed by atoms with E-state index in [4.69, 9.17) is 14.2 Å². The number of esters is 3. The zero-order valence-corrected chi connectivity index (χ0v) is 34.4. The van der Waals surface area contributed by atoms with Crippen LogP contribution in [0.2, 0.25) is 0 Å². The van der Waals surface area contributed by atoms with Gasteiger partial charge in [0.25, 0.3) is 0 Å². The van der Waals surface area contributed by atoms with Crippen molar-refractivity contribution in [2.24, 2.45) is 0 Å². The Hall–Kier alpha value is -1.59. The zero-order chi connectivity index (χ0) is 37.3. The molecule has 0 saturated carbocycles. The van der Waals surface area contributed by atoms with Gasteiger partial charge >= 0.3 is 17.9 Å². The van der Waals surface area contributed by atoms with Crippen molar-refractivity contribution in [3.8, 4) is 0 Å². The molecule has 0 unspecified atom stereocenters. The van der Waals surface area contributed by atoms with Crippen molar-refractivity contribution in [2.75, 3.05) is 13.2 Å². The van der Waals surface area contributed by atoms with Crippen LogP contribution >= 0.6 is 0 Å². The van der Waals surface area contributed by atoms with Crippen LogP contribution in [-0.4, -0.2) is 37.2 Å². The largest absolute Gasteiger partial charge is 0.462 e. The van der Waals surface area contributed by atoms with Crippen molar-refractivity contribution in [3.63, 3.8) is 0 Å². The molecule has 1 atom stereocenters. The molecular weight excluding hydrogens is 636 g/mol. The summed E-state index contributed by atoms with van der Waals surface area (Å²) in [5, 5.41) is 0. The molecule has 0 fully saturated rings. The summed E-state index contributed by atoms with van der Waals surface area (Å²) in [6, 6.07) is 0. The van der Waals surface area contributed by atoms with E-state index < -0.39 is 6.10 Å². The van der Waals surface area contributed by atoms with Crippen LogP contribution in [0, 0.1) is 0 Å². The Labute approximate surface area is 317 Å². The number of hydrogen-bond donors (Lipinski definition) is 0. The normalized spacial score (nSPS) is 11.8. The number of rotatable bonds is 41. The highest BCUT2D eigenvalue weighted by atomic mass is 16.6. The highest BCUT2D eigenvalue weighted by molar-refractivity contribution is 5.71. The van der Waals surface area contributed by atoms with E-state index in [0.29, 0.717) is 19.3 Å². The number of unbranched alkanes of at least 4 members (excludes halogenated alkanes) is 30. The van der Waals surface area contributed by atoms with Crippen LogP contribution in [0.25, 0.3) is 0 Å². The summed E-state index contributed by atoms with van der Waals surface area (Å²) in [5.41, 5.74) is 0. The average Bonchev–Trinajstić information content (AvgIpc) is 3.12. The van der Waals surface area contributed by atoms with Gasteiger partial charge in [0, 0.05) is 19.3 Å². The van der Waals surface area contributed by atoms with E-state index in [9.17, 15) is 14.4 Å². The van der Waals surface area contributed by atoms with Crippen molar-refractivity contribution in [1.82, 2.24) is 0 Å². The molecule has 0 bridgehead atoms. The van der Waals surface area contributed by atoms with Crippen molar-refractivity contribution < 1.29 is 28.6 Å². The summed E-state index contributed by atoms with van der Waals surface area (Å²) in [6.07, 6.45) is 41.3. The Bertz CT molecular complexity index is 753. The third-order valence-corrected chi connectivity index (χ3v) is 10.1. The van der Waals surface area contributed by atoms with E-state index in [2.05, 4.69) is 20.8 Å². The third-order valence-electron chi connectivity index (χ3n) is 10.1. The zero-order valence-electron chi connectivity index (χ0n) is 34.4. The standard InChI is InChI=1S/C45H86O6/c1-4-7-10-13-15-17-18-19-20-21-22-23-24-25-26-28-29-32-35-38-44(47)50-41-42(40-49-43(46)37-34-31-12-9-6-3)51-45(48)39-36-33-30-27-16-14-11-8-5-2/h42H,4-41H2,1-3H3/t42-/m0/s1. The molecule has 0 aromatic rings.